The van der Waals surface area contributed by atoms with Gasteiger partial charge in [0, 0.05) is 19.0 Å². The molecule has 0 bridgehead atoms. The number of aryl methyl sites for hydroxylation is 2. The van der Waals surface area contributed by atoms with Gasteiger partial charge in [-0.25, -0.2) is 4.98 Å². The molecule has 10 nitrogen and oxygen atoms in total. The summed E-state index contributed by atoms with van der Waals surface area (Å²) in [5.41, 5.74) is 3.03. The van der Waals surface area contributed by atoms with Crippen molar-refractivity contribution in [2.45, 2.75) is 71.4 Å². The van der Waals surface area contributed by atoms with Crippen LogP contribution in [0.3, 0.4) is 0 Å². The lowest BCUT2D eigenvalue weighted by Crippen LogP contribution is -2.49. The summed E-state index contributed by atoms with van der Waals surface area (Å²) >= 11 is 0. The Balaban J connectivity index is 1.33. The van der Waals surface area contributed by atoms with E-state index < -0.39 is 18.0 Å². The lowest BCUT2D eigenvalue weighted by atomic mass is 10.0. The number of unbranched alkanes of at least 4 members (excludes halogenated alkanes) is 1. The molecule has 2 amide bonds. The first-order valence-corrected chi connectivity index (χ1v) is 15.0. The monoisotopic (exact) mass is 602 g/mol. The van der Waals surface area contributed by atoms with E-state index >= 15 is 0 Å². The highest BCUT2D eigenvalue weighted by molar-refractivity contribution is 5.94. The maximum Gasteiger partial charge on any atom is 0.243 e. The predicted octanol–water partition coefficient (Wildman–Crippen LogP) is 4.23. The fraction of sp³-hybridized carbons (Fsp3) is 0.412. The van der Waals surface area contributed by atoms with Gasteiger partial charge in [0.05, 0.1) is 31.1 Å². The van der Waals surface area contributed by atoms with Crippen LogP contribution in [0.15, 0.2) is 60.9 Å². The fourth-order valence-electron chi connectivity index (χ4n) is 4.53. The first-order chi connectivity index (χ1) is 21.3. The Kier molecular flexibility index (Phi) is 14.0. The summed E-state index contributed by atoms with van der Waals surface area (Å²) in [6, 6.07) is 13.8. The van der Waals surface area contributed by atoms with E-state index in [1.54, 1.807) is 6.20 Å². The van der Waals surface area contributed by atoms with Crippen molar-refractivity contribution in [3.05, 3.63) is 83.4 Å². The number of hydrogen-bond acceptors (Lipinski definition) is 8. The Bertz CT molecular complexity index is 1340. The van der Waals surface area contributed by atoms with Crippen LogP contribution in [-0.4, -0.2) is 59.7 Å². The third kappa shape index (κ3) is 11.9. The van der Waals surface area contributed by atoms with Crippen LogP contribution in [-0.2, 0) is 27.2 Å². The Morgan fingerprint density at radius 1 is 0.886 bits per heavy atom. The minimum absolute atomic E-state index is 0.0214. The van der Waals surface area contributed by atoms with Gasteiger partial charge in [-0.1, -0.05) is 38.1 Å². The summed E-state index contributed by atoms with van der Waals surface area (Å²) in [7, 11) is 0. The molecule has 0 aliphatic carbocycles. The SMILES string of the molecule is Cc1cncc(C(=O)CCc2ccc(OCCCCOc3ccc(C[C@H](NC=O)C(=O)NC(C=O)CC(C)C)cc3)cc2)n1. The molecule has 1 unspecified atom stereocenters. The molecule has 44 heavy (non-hydrogen) atoms. The second-order valence-electron chi connectivity index (χ2n) is 11.1. The second kappa shape index (κ2) is 18.1. The van der Waals surface area contributed by atoms with Crippen LogP contribution in [0.5, 0.6) is 11.5 Å². The molecule has 0 aliphatic heterocycles. The Morgan fingerprint density at radius 3 is 2.05 bits per heavy atom. The molecule has 0 aliphatic rings. The largest absolute Gasteiger partial charge is 0.494 e. The smallest absolute Gasteiger partial charge is 0.243 e. The number of benzene rings is 2. The zero-order valence-corrected chi connectivity index (χ0v) is 25.7. The van der Waals surface area contributed by atoms with Gasteiger partial charge in [-0.2, -0.15) is 0 Å². The van der Waals surface area contributed by atoms with E-state index in [0.717, 1.165) is 41.7 Å². The highest BCUT2D eigenvalue weighted by Crippen LogP contribution is 2.16. The molecule has 3 aromatic rings. The number of carbonyl (C=O) groups excluding carboxylic acids is 4. The van der Waals surface area contributed by atoms with Crippen molar-refractivity contribution in [2.24, 2.45) is 5.92 Å². The minimum Gasteiger partial charge on any atom is -0.494 e. The van der Waals surface area contributed by atoms with E-state index in [9.17, 15) is 19.2 Å². The molecular formula is C34H42N4O6. The molecule has 2 N–H and O–H groups in total. The number of hydrogen-bond donors (Lipinski definition) is 2. The second-order valence-corrected chi connectivity index (χ2v) is 11.1. The van der Waals surface area contributed by atoms with Crippen molar-refractivity contribution >= 4 is 24.4 Å². The van der Waals surface area contributed by atoms with Gasteiger partial charge >= 0.3 is 0 Å². The molecule has 2 atom stereocenters. The molecule has 0 saturated heterocycles. The van der Waals surface area contributed by atoms with Crippen LogP contribution in [0.1, 0.15) is 66.8 Å². The van der Waals surface area contributed by atoms with Crippen LogP contribution in [0.25, 0.3) is 0 Å². The predicted molar refractivity (Wildman–Crippen MR) is 167 cm³/mol. The maximum atomic E-state index is 12.6. The Hall–Kier alpha value is -4.60. The molecule has 3 rings (SSSR count). The Morgan fingerprint density at radius 2 is 1.50 bits per heavy atom. The average molecular weight is 603 g/mol. The van der Waals surface area contributed by atoms with Crippen LogP contribution in [0.4, 0.5) is 0 Å². The van der Waals surface area contributed by atoms with Crippen LogP contribution in [0.2, 0.25) is 0 Å². The highest BCUT2D eigenvalue weighted by Gasteiger charge is 2.22. The summed E-state index contributed by atoms with van der Waals surface area (Å²) in [5.74, 6) is 1.32. The molecular weight excluding hydrogens is 560 g/mol. The van der Waals surface area contributed by atoms with Crippen LogP contribution < -0.4 is 20.1 Å². The molecule has 234 valence electrons. The van der Waals surface area contributed by atoms with Crippen LogP contribution >= 0.6 is 0 Å². The molecule has 0 radical (unpaired) electrons. The third-order valence-electron chi connectivity index (χ3n) is 6.85. The van der Waals surface area contributed by atoms with E-state index in [0.29, 0.717) is 50.3 Å². The number of ether oxygens (including phenoxy) is 2. The van der Waals surface area contributed by atoms with Crippen molar-refractivity contribution in [3.8, 4) is 11.5 Å². The number of aromatic nitrogens is 2. The van der Waals surface area contributed by atoms with Gasteiger partial charge in [0.1, 0.15) is 29.5 Å². The first kappa shape index (κ1) is 33.9. The molecule has 0 spiro atoms. The van der Waals surface area contributed by atoms with Gasteiger partial charge < -0.3 is 24.9 Å². The fourth-order valence-corrected chi connectivity index (χ4v) is 4.53. The van der Waals surface area contributed by atoms with Crippen molar-refractivity contribution in [1.29, 1.82) is 0 Å². The number of aldehydes is 1. The van der Waals surface area contributed by atoms with E-state index in [2.05, 4.69) is 20.6 Å². The number of amides is 2. The van der Waals surface area contributed by atoms with Gasteiger partial charge in [-0.3, -0.25) is 19.4 Å². The zero-order valence-electron chi connectivity index (χ0n) is 25.7. The molecule has 0 fully saturated rings. The van der Waals surface area contributed by atoms with Crippen molar-refractivity contribution in [1.82, 2.24) is 20.6 Å². The number of ketones is 1. The number of Topliss-reactive ketones (excluding diaryl/α,β-unsaturated/α-hetero) is 1. The number of rotatable bonds is 20. The van der Waals surface area contributed by atoms with E-state index in [-0.39, 0.29) is 18.1 Å². The first-order valence-electron chi connectivity index (χ1n) is 15.0. The normalized spacial score (nSPS) is 12.2. The quantitative estimate of drug-likeness (QED) is 0.111. The summed E-state index contributed by atoms with van der Waals surface area (Å²) in [5, 5.41) is 5.25. The summed E-state index contributed by atoms with van der Waals surface area (Å²) < 4.78 is 11.7. The topological polar surface area (TPSA) is 137 Å². The molecule has 0 saturated carbocycles. The zero-order chi connectivity index (χ0) is 31.7. The molecule has 10 heteroatoms. The molecule has 1 heterocycles. The van der Waals surface area contributed by atoms with Gasteiger partial charge in [0.2, 0.25) is 12.3 Å². The van der Waals surface area contributed by atoms with Crippen molar-refractivity contribution in [2.75, 3.05) is 13.2 Å². The minimum atomic E-state index is -0.784. The van der Waals surface area contributed by atoms with Crippen LogP contribution in [0, 0.1) is 12.8 Å². The number of nitrogens with one attached hydrogen (secondary N) is 2. The van der Waals surface area contributed by atoms with E-state index in [1.807, 2.05) is 69.3 Å². The van der Waals surface area contributed by atoms with Gasteiger partial charge in [-0.15, -0.1) is 0 Å². The van der Waals surface area contributed by atoms with E-state index in [4.69, 9.17) is 9.47 Å². The maximum absolute atomic E-state index is 12.6. The molecule has 1 aromatic heterocycles. The summed E-state index contributed by atoms with van der Waals surface area (Å²) in [6.45, 7) is 6.85. The Labute approximate surface area is 259 Å². The van der Waals surface area contributed by atoms with Gasteiger partial charge in [-0.05, 0) is 73.9 Å². The average Bonchev–Trinajstić information content (AvgIpc) is 3.02. The summed E-state index contributed by atoms with van der Waals surface area (Å²) in [6.07, 6.45) is 7.80. The van der Waals surface area contributed by atoms with Gasteiger partial charge in [0.25, 0.3) is 0 Å². The number of carbonyl (C=O) groups is 4. The van der Waals surface area contributed by atoms with Crippen molar-refractivity contribution in [3.63, 3.8) is 0 Å². The number of nitrogens with zero attached hydrogens (tertiary/aromatic N) is 2. The highest BCUT2D eigenvalue weighted by atomic mass is 16.5. The summed E-state index contributed by atoms with van der Waals surface area (Å²) in [4.78, 5) is 55.7. The van der Waals surface area contributed by atoms with E-state index in [1.165, 1.54) is 6.20 Å². The van der Waals surface area contributed by atoms with Crippen molar-refractivity contribution < 1.29 is 28.7 Å². The molecule has 2 aromatic carbocycles. The van der Waals surface area contributed by atoms with Gasteiger partial charge in [0.15, 0.2) is 5.78 Å². The third-order valence-corrected chi connectivity index (χ3v) is 6.85. The standard InChI is InChI=1S/C34H42N4O6/c1-24(2)18-28(22-39)38-34(42)31(36-23-40)19-27-8-13-30(14-9-27)44-17-5-4-16-43-29-11-6-26(7-12-29)10-15-33(41)32-21-35-20-25(3)37-32/h6-9,11-14,20-24,28,31H,4-5,10,15-19H2,1-3H3,(H,36,40)(H,38,42)/t28?,31-/m0/s1. The lowest BCUT2D eigenvalue weighted by molar-refractivity contribution is -0.127. The lowest BCUT2D eigenvalue weighted by Gasteiger charge is -2.20.